The molecule has 1 atom stereocenters. The van der Waals surface area contributed by atoms with Gasteiger partial charge in [0.05, 0.1) is 9.85 Å². The number of alkyl halides is 1. The van der Waals surface area contributed by atoms with Gasteiger partial charge in [-0.1, -0.05) is 27.5 Å². The average Bonchev–Trinajstić information content (AvgIpc) is 1.88. The van der Waals surface area contributed by atoms with Crippen LogP contribution in [0.3, 0.4) is 0 Å². The van der Waals surface area contributed by atoms with E-state index in [1.807, 2.05) is 6.92 Å². The van der Waals surface area contributed by atoms with Crippen LogP contribution in [-0.2, 0) is 0 Å². The fraction of sp³-hybridized carbons (Fsp3) is 0.333. The fourth-order valence-electron chi connectivity index (χ4n) is 0.528. The van der Waals surface area contributed by atoms with Gasteiger partial charge in [0.1, 0.15) is 5.82 Å². The number of nitrogens with zero attached hydrogens (tertiary/aromatic N) is 2. The van der Waals surface area contributed by atoms with Crippen molar-refractivity contribution in [3.05, 3.63) is 23.2 Å². The molecule has 54 valence electrons. The second-order valence-electron chi connectivity index (χ2n) is 1.88. The van der Waals surface area contributed by atoms with Crippen molar-refractivity contribution in [3.8, 4) is 0 Å². The molecule has 0 spiro atoms. The van der Waals surface area contributed by atoms with E-state index in [9.17, 15) is 0 Å². The molecule has 0 saturated carbocycles. The summed E-state index contributed by atoms with van der Waals surface area (Å²) in [6.45, 7) is 1.96. The van der Waals surface area contributed by atoms with Crippen LogP contribution in [0.5, 0.6) is 0 Å². The minimum absolute atomic E-state index is 0.185. The quantitative estimate of drug-likeness (QED) is 0.681. The molecular formula is C6H6BrClN2. The van der Waals surface area contributed by atoms with Crippen molar-refractivity contribution >= 4 is 27.5 Å². The lowest BCUT2D eigenvalue weighted by molar-refractivity contribution is 0.931. The Morgan fingerprint density at radius 3 is 2.40 bits per heavy atom. The molecule has 0 radical (unpaired) electrons. The third-order valence-electron chi connectivity index (χ3n) is 0.996. The highest BCUT2D eigenvalue weighted by Gasteiger charge is 2.01. The van der Waals surface area contributed by atoms with E-state index in [0.717, 1.165) is 5.82 Å². The van der Waals surface area contributed by atoms with Crippen LogP contribution in [-0.4, -0.2) is 9.97 Å². The van der Waals surface area contributed by atoms with Crippen LogP contribution < -0.4 is 0 Å². The van der Waals surface area contributed by atoms with E-state index in [2.05, 4.69) is 25.9 Å². The summed E-state index contributed by atoms with van der Waals surface area (Å²) in [6.07, 6.45) is 3.17. The second kappa shape index (κ2) is 3.30. The maximum atomic E-state index is 5.58. The van der Waals surface area contributed by atoms with Gasteiger partial charge in [0.15, 0.2) is 0 Å². The molecule has 0 aliphatic heterocycles. The maximum absolute atomic E-state index is 5.58. The number of rotatable bonds is 1. The monoisotopic (exact) mass is 220 g/mol. The molecule has 1 aromatic heterocycles. The van der Waals surface area contributed by atoms with Crippen LogP contribution in [0, 0.1) is 0 Å². The van der Waals surface area contributed by atoms with Gasteiger partial charge in [0, 0.05) is 12.4 Å². The molecule has 0 aliphatic rings. The summed E-state index contributed by atoms with van der Waals surface area (Å²) < 4.78 is 0. The van der Waals surface area contributed by atoms with Crippen molar-refractivity contribution in [2.24, 2.45) is 0 Å². The van der Waals surface area contributed by atoms with E-state index in [-0.39, 0.29) is 4.83 Å². The molecule has 0 aromatic carbocycles. The molecule has 0 saturated heterocycles. The van der Waals surface area contributed by atoms with Gasteiger partial charge in [-0.05, 0) is 6.92 Å². The number of hydrogen-bond acceptors (Lipinski definition) is 2. The Kier molecular flexibility index (Phi) is 2.63. The topological polar surface area (TPSA) is 25.8 Å². The Balaban J connectivity index is 2.89. The van der Waals surface area contributed by atoms with Crippen molar-refractivity contribution in [2.45, 2.75) is 11.8 Å². The van der Waals surface area contributed by atoms with Gasteiger partial charge in [0.25, 0.3) is 0 Å². The van der Waals surface area contributed by atoms with Gasteiger partial charge in [-0.25, -0.2) is 9.97 Å². The van der Waals surface area contributed by atoms with Gasteiger partial charge < -0.3 is 0 Å². The first kappa shape index (κ1) is 7.95. The lowest BCUT2D eigenvalue weighted by Crippen LogP contribution is -1.92. The highest BCUT2D eigenvalue weighted by Crippen LogP contribution is 2.17. The molecule has 10 heavy (non-hydrogen) atoms. The molecule has 0 N–H and O–H groups in total. The van der Waals surface area contributed by atoms with Crippen molar-refractivity contribution in [1.82, 2.24) is 9.97 Å². The molecule has 1 aromatic rings. The molecule has 0 aliphatic carbocycles. The Morgan fingerprint density at radius 2 is 2.00 bits per heavy atom. The molecule has 0 bridgehead atoms. The lowest BCUT2D eigenvalue weighted by atomic mass is 10.4. The third kappa shape index (κ3) is 1.92. The molecule has 0 amide bonds. The zero-order chi connectivity index (χ0) is 7.56. The first-order chi connectivity index (χ1) is 4.70. The van der Waals surface area contributed by atoms with Crippen LogP contribution in [0.25, 0.3) is 0 Å². The van der Waals surface area contributed by atoms with Crippen LogP contribution in [0.1, 0.15) is 17.6 Å². The summed E-state index contributed by atoms with van der Waals surface area (Å²) in [6, 6.07) is 0. The van der Waals surface area contributed by atoms with E-state index in [1.165, 1.54) is 0 Å². The van der Waals surface area contributed by atoms with E-state index < -0.39 is 0 Å². The van der Waals surface area contributed by atoms with Crippen molar-refractivity contribution in [2.75, 3.05) is 0 Å². The zero-order valence-electron chi connectivity index (χ0n) is 5.38. The minimum Gasteiger partial charge on any atom is -0.239 e. The predicted molar refractivity (Wildman–Crippen MR) is 44.4 cm³/mol. The first-order valence-corrected chi connectivity index (χ1v) is 4.11. The van der Waals surface area contributed by atoms with Gasteiger partial charge in [0.2, 0.25) is 0 Å². The summed E-state index contributed by atoms with van der Waals surface area (Å²) in [5.74, 6) is 0.754. The van der Waals surface area contributed by atoms with E-state index in [0.29, 0.717) is 5.02 Å². The smallest absolute Gasteiger partial charge is 0.141 e. The molecule has 1 unspecified atom stereocenters. The molecule has 4 heteroatoms. The Hall–Kier alpha value is -0.150. The van der Waals surface area contributed by atoms with Crippen molar-refractivity contribution < 1.29 is 0 Å². The molecular weight excluding hydrogens is 215 g/mol. The summed E-state index contributed by atoms with van der Waals surface area (Å²) >= 11 is 8.91. The Labute approximate surface area is 72.8 Å². The average molecular weight is 221 g/mol. The zero-order valence-corrected chi connectivity index (χ0v) is 7.72. The number of hydrogen-bond donors (Lipinski definition) is 0. The summed E-state index contributed by atoms with van der Waals surface area (Å²) in [4.78, 5) is 8.16. The first-order valence-electron chi connectivity index (χ1n) is 2.81. The normalized spacial score (nSPS) is 13.1. The molecule has 1 heterocycles. The molecule has 1 rings (SSSR count). The Morgan fingerprint density at radius 1 is 1.50 bits per heavy atom. The summed E-state index contributed by atoms with van der Waals surface area (Å²) in [7, 11) is 0. The van der Waals surface area contributed by atoms with Gasteiger partial charge in [-0.2, -0.15) is 0 Å². The van der Waals surface area contributed by atoms with E-state index in [4.69, 9.17) is 11.6 Å². The van der Waals surface area contributed by atoms with Crippen molar-refractivity contribution in [3.63, 3.8) is 0 Å². The van der Waals surface area contributed by atoms with Gasteiger partial charge in [-0.15, -0.1) is 0 Å². The molecule has 0 fully saturated rings. The molecule has 2 nitrogen and oxygen atoms in total. The largest absolute Gasteiger partial charge is 0.239 e. The predicted octanol–water partition coefficient (Wildman–Crippen LogP) is 2.59. The third-order valence-corrected chi connectivity index (χ3v) is 1.60. The highest BCUT2D eigenvalue weighted by atomic mass is 79.9. The summed E-state index contributed by atoms with van der Waals surface area (Å²) in [5.41, 5.74) is 0. The van der Waals surface area contributed by atoms with Crippen LogP contribution in [0.4, 0.5) is 0 Å². The second-order valence-corrected chi connectivity index (χ2v) is 3.69. The number of aromatic nitrogens is 2. The lowest BCUT2D eigenvalue weighted by Gasteiger charge is -1.98. The number of halogens is 2. The van der Waals surface area contributed by atoms with Gasteiger partial charge >= 0.3 is 0 Å². The minimum atomic E-state index is 0.185. The summed E-state index contributed by atoms with van der Waals surface area (Å²) in [5, 5.41) is 0.567. The highest BCUT2D eigenvalue weighted by molar-refractivity contribution is 9.09. The van der Waals surface area contributed by atoms with Crippen LogP contribution in [0.15, 0.2) is 12.4 Å². The standard InChI is InChI=1S/C6H6BrClN2/c1-4(7)6-9-2-5(8)3-10-6/h2-4H,1H3. The van der Waals surface area contributed by atoms with Gasteiger partial charge in [-0.3, -0.25) is 0 Å². The Bertz CT molecular complexity index is 209. The maximum Gasteiger partial charge on any atom is 0.141 e. The van der Waals surface area contributed by atoms with Crippen LogP contribution >= 0.6 is 27.5 Å². The van der Waals surface area contributed by atoms with E-state index >= 15 is 0 Å². The fourth-order valence-corrected chi connectivity index (χ4v) is 0.862. The van der Waals surface area contributed by atoms with E-state index in [1.54, 1.807) is 12.4 Å². The van der Waals surface area contributed by atoms with Crippen LogP contribution in [0.2, 0.25) is 5.02 Å². The SMILES string of the molecule is CC(Br)c1ncc(Cl)cn1. The van der Waals surface area contributed by atoms with Crippen molar-refractivity contribution in [1.29, 1.82) is 0 Å².